The van der Waals surface area contributed by atoms with E-state index in [2.05, 4.69) is 72.3 Å². The van der Waals surface area contributed by atoms with Gasteiger partial charge in [0.2, 0.25) is 0 Å². The van der Waals surface area contributed by atoms with E-state index in [1.54, 1.807) is 0 Å². The van der Waals surface area contributed by atoms with Gasteiger partial charge >= 0.3 is 0 Å². The number of benzene rings is 1. The fraction of sp³-hybridized carbons (Fsp3) is 0.667. The minimum atomic E-state index is 0.599. The number of halogens is 1. The van der Waals surface area contributed by atoms with Gasteiger partial charge in [0.25, 0.3) is 0 Å². The quantitative estimate of drug-likeness (QED) is 0.835. The Morgan fingerprint density at radius 3 is 2.71 bits per heavy atom. The van der Waals surface area contributed by atoms with Crippen molar-refractivity contribution in [2.75, 3.05) is 20.6 Å². The molecule has 0 bridgehead atoms. The molecule has 2 rings (SSSR count). The lowest BCUT2D eigenvalue weighted by atomic mass is 9.87. The van der Waals surface area contributed by atoms with E-state index >= 15 is 0 Å². The first-order valence-corrected chi connectivity index (χ1v) is 8.91. The number of rotatable bonds is 6. The molecule has 118 valence electrons. The van der Waals surface area contributed by atoms with Gasteiger partial charge in [0.15, 0.2) is 0 Å². The van der Waals surface area contributed by atoms with Crippen molar-refractivity contribution < 1.29 is 0 Å². The van der Waals surface area contributed by atoms with Gasteiger partial charge in [-0.1, -0.05) is 35.8 Å². The number of hydrogen-bond donors (Lipinski definition) is 1. The second kappa shape index (κ2) is 7.75. The van der Waals surface area contributed by atoms with E-state index in [1.807, 2.05) is 0 Å². The van der Waals surface area contributed by atoms with Gasteiger partial charge in [-0.3, -0.25) is 0 Å². The molecule has 1 aromatic rings. The summed E-state index contributed by atoms with van der Waals surface area (Å²) >= 11 is 3.58. The summed E-state index contributed by atoms with van der Waals surface area (Å²) in [6.45, 7) is 5.76. The van der Waals surface area contributed by atoms with Gasteiger partial charge in [0, 0.05) is 23.1 Å². The second-order valence-corrected chi connectivity index (χ2v) is 8.02. The molecule has 3 heteroatoms. The molecule has 0 aliphatic heterocycles. The van der Waals surface area contributed by atoms with Gasteiger partial charge in [0.05, 0.1) is 0 Å². The fourth-order valence-corrected chi connectivity index (χ4v) is 3.81. The summed E-state index contributed by atoms with van der Waals surface area (Å²) < 4.78 is 1.21. The van der Waals surface area contributed by atoms with Crippen LogP contribution < -0.4 is 5.32 Å². The van der Waals surface area contributed by atoms with E-state index in [1.165, 1.54) is 41.3 Å². The fourth-order valence-electron chi connectivity index (χ4n) is 3.40. The van der Waals surface area contributed by atoms with Gasteiger partial charge in [-0.2, -0.15) is 0 Å². The first-order valence-electron chi connectivity index (χ1n) is 8.12. The maximum atomic E-state index is 3.92. The Morgan fingerprint density at radius 2 is 2.05 bits per heavy atom. The number of aryl methyl sites for hydroxylation is 1. The summed E-state index contributed by atoms with van der Waals surface area (Å²) in [5.41, 5.74) is 3.05. The highest BCUT2D eigenvalue weighted by molar-refractivity contribution is 9.10. The third-order valence-electron chi connectivity index (χ3n) is 4.21. The lowest BCUT2D eigenvalue weighted by Gasteiger charge is -2.32. The van der Waals surface area contributed by atoms with Crippen LogP contribution >= 0.6 is 15.9 Å². The maximum absolute atomic E-state index is 3.92. The summed E-state index contributed by atoms with van der Waals surface area (Å²) in [6, 6.07) is 7.98. The average Bonchev–Trinajstić information content (AvgIpc) is 2.37. The van der Waals surface area contributed by atoms with Crippen LogP contribution in [0.4, 0.5) is 0 Å². The molecule has 2 unspecified atom stereocenters. The van der Waals surface area contributed by atoms with Gasteiger partial charge in [-0.15, -0.1) is 0 Å². The van der Waals surface area contributed by atoms with E-state index in [9.17, 15) is 0 Å². The Labute approximate surface area is 138 Å². The topological polar surface area (TPSA) is 15.3 Å². The van der Waals surface area contributed by atoms with E-state index in [0.29, 0.717) is 12.1 Å². The molecule has 2 nitrogen and oxygen atoms in total. The molecule has 1 N–H and O–H groups in total. The summed E-state index contributed by atoms with van der Waals surface area (Å²) in [6.07, 6.45) is 4.88. The van der Waals surface area contributed by atoms with Crippen LogP contribution in [0.5, 0.6) is 0 Å². The normalized spacial score (nSPS) is 19.9. The Bertz CT molecular complexity index is 447. The van der Waals surface area contributed by atoms with Crippen molar-refractivity contribution in [1.29, 1.82) is 0 Å². The SMILES string of the molecule is CC(C)CC(CN(C)C)NC1CCc2cc(Br)ccc2C1. The largest absolute Gasteiger partial charge is 0.310 e. The van der Waals surface area contributed by atoms with E-state index < -0.39 is 0 Å². The zero-order valence-electron chi connectivity index (χ0n) is 13.8. The van der Waals surface area contributed by atoms with Crippen LogP contribution in [0.2, 0.25) is 0 Å². The third kappa shape index (κ3) is 5.39. The van der Waals surface area contributed by atoms with Crippen molar-refractivity contribution in [3.63, 3.8) is 0 Å². The summed E-state index contributed by atoms with van der Waals surface area (Å²) in [5.74, 6) is 0.745. The molecule has 0 heterocycles. The standard InChI is InChI=1S/C18H29BrN2/c1-13(2)9-18(12-21(3)4)20-17-8-6-14-10-16(19)7-5-15(14)11-17/h5,7,10,13,17-18,20H,6,8-9,11-12H2,1-4H3. The molecule has 2 atom stereocenters. The highest BCUT2D eigenvalue weighted by atomic mass is 79.9. The highest BCUT2D eigenvalue weighted by Gasteiger charge is 2.22. The smallest absolute Gasteiger partial charge is 0.0199 e. The van der Waals surface area contributed by atoms with Crippen molar-refractivity contribution in [3.05, 3.63) is 33.8 Å². The number of nitrogens with one attached hydrogen (secondary N) is 1. The first-order chi connectivity index (χ1) is 9.94. The van der Waals surface area contributed by atoms with Crippen molar-refractivity contribution in [2.24, 2.45) is 5.92 Å². The van der Waals surface area contributed by atoms with Crippen LogP contribution in [0.25, 0.3) is 0 Å². The van der Waals surface area contributed by atoms with Crippen molar-refractivity contribution in [3.8, 4) is 0 Å². The highest BCUT2D eigenvalue weighted by Crippen LogP contribution is 2.25. The van der Waals surface area contributed by atoms with Crippen molar-refractivity contribution >= 4 is 15.9 Å². The van der Waals surface area contributed by atoms with Gasteiger partial charge in [-0.25, -0.2) is 0 Å². The summed E-state index contributed by atoms with van der Waals surface area (Å²) in [5, 5.41) is 3.92. The molecule has 0 aromatic heterocycles. The van der Waals surface area contributed by atoms with Crippen LogP contribution in [-0.4, -0.2) is 37.6 Å². The Kier molecular flexibility index (Phi) is 6.27. The first kappa shape index (κ1) is 17.0. The molecule has 1 aliphatic rings. The molecule has 1 aliphatic carbocycles. The Morgan fingerprint density at radius 1 is 1.29 bits per heavy atom. The second-order valence-electron chi connectivity index (χ2n) is 7.11. The van der Waals surface area contributed by atoms with Crippen molar-refractivity contribution in [2.45, 2.75) is 51.6 Å². The zero-order valence-corrected chi connectivity index (χ0v) is 15.4. The van der Waals surface area contributed by atoms with Gasteiger partial charge in [0.1, 0.15) is 0 Å². The van der Waals surface area contributed by atoms with Crippen LogP contribution in [0, 0.1) is 5.92 Å². The van der Waals surface area contributed by atoms with Crippen LogP contribution in [0.15, 0.2) is 22.7 Å². The van der Waals surface area contributed by atoms with Gasteiger partial charge < -0.3 is 10.2 Å². The van der Waals surface area contributed by atoms with E-state index in [-0.39, 0.29) is 0 Å². The number of fused-ring (bicyclic) bond motifs is 1. The molecular formula is C18H29BrN2. The Balaban J connectivity index is 1.97. The van der Waals surface area contributed by atoms with Crippen LogP contribution in [-0.2, 0) is 12.8 Å². The lowest BCUT2D eigenvalue weighted by Crippen LogP contribution is -2.46. The van der Waals surface area contributed by atoms with E-state index in [4.69, 9.17) is 0 Å². The van der Waals surface area contributed by atoms with Crippen LogP contribution in [0.3, 0.4) is 0 Å². The number of likely N-dealkylation sites (N-methyl/N-ethyl adjacent to an activating group) is 1. The maximum Gasteiger partial charge on any atom is 0.0199 e. The molecule has 0 saturated heterocycles. The molecule has 1 aromatic carbocycles. The molecule has 0 spiro atoms. The third-order valence-corrected chi connectivity index (χ3v) is 4.70. The van der Waals surface area contributed by atoms with Crippen LogP contribution in [0.1, 0.15) is 37.8 Å². The molecule has 0 amide bonds. The summed E-state index contributed by atoms with van der Waals surface area (Å²) in [7, 11) is 4.34. The number of nitrogens with zero attached hydrogens (tertiary/aromatic N) is 1. The predicted octanol–water partition coefficient (Wildman–Crippen LogP) is 3.87. The monoisotopic (exact) mass is 352 g/mol. The molecule has 0 saturated carbocycles. The van der Waals surface area contributed by atoms with Crippen molar-refractivity contribution in [1.82, 2.24) is 10.2 Å². The summed E-state index contributed by atoms with van der Waals surface area (Å²) in [4.78, 5) is 2.30. The Hall–Kier alpha value is -0.380. The molecule has 0 fully saturated rings. The number of hydrogen-bond acceptors (Lipinski definition) is 2. The predicted molar refractivity (Wildman–Crippen MR) is 94.9 cm³/mol. The minimum Gasteiger partial charge on any atom is -0.310 e. The zero-order chi connectivity index (χ0) is 15.4. The average molecular weight is 353 g/mol. The minimum absolute atomic E-state index is 0.599. The van der Waals surface area contributed by atoms with Gasteiger partial charge in [-0.05, 0) is 69.0 Å². The lowest BCUT2D eigenvalue weighted by molar-refractivity contribution is 0.277. The molecule has 0 radical (unpaired) electrons. The van der Waals surface area contributed by atoms with E-state index in [0.717, 1.165) is 12.5 Å². The molecular weight excluding hydrogens is 324 g/mol. The molecule has 21 heavy (non-hydrogen) atoms.